The van der Waals surface area contributed by atoms with Gasteiger partial charge in [-0.15, -0.1) is 0 Å². The smallest absolute Gasteiger partial charge is 0.223 e. The predicted molar refractivity (Wildman–Crippen MR) is 121 cm³/mol. The lowest BCUT2D eigenvalue weighted by atomic mass is 9.84. The van der Waals surface area contributed by atoms with Crippen LogP contribution < -0.4 is 0 Å². The molecule has 1 aliphatic carbocycles. The number of aromatic nitrogens is 2. The highest BCUT2D eigenvalue weighted by atomic mass is 16.2. The number of amides is 1. The number of rotatable bonds is 4. The molecule has 5 rings (SSSR count). The highest BCUT2D eigenvalue weighted by Crippen LogP contribution is 2.38. The molecule has 0 saturated heterocycles. The van der Waals surface area contributed by atoms with E-state index < -0.39 is 0 Å². The Labute approximate surface area is 182 Å². The molecule has 3 aromatic rings. The van der Waals surface area contributed by atoms with Crippen molar-refractivity contribution >= 4 is 22.6 Å². The molecule has 1 N–H and O–H groups in total. The van der Waals surface area contributed by atoms with Crippen LogP contribution in [0.4, 0.5) is 0 Å². The normalized spacial score (nSPS) is 21.3. The summed E-state index contributed by atoms with van der Waals surface area (Å²) in [4.78, 5) is 36.0. The molecule has 31 heavy (non-hydrogen) atoms. The third kappa shape index (κ3) is 3.78. The summed E-state index contributed by atoms with van der Waals surface area (Å²) in [6.45, 7) is 2.66. The summed E-state index contributed by atoms with van der Waals surface area (Å²) in [6, 6.07) is 14.1. The maximum Gasteiger partial charge on any atom is 0.223 e. The third-order valence-corrected chi connectivity index (χ3v) is 6.93. The van der Waals surface area contributed by atoms with Gasteiger partial charge in [-0.05, 0) is 56.4 Å². The molecule has 0 spiro atoms. The molecule has 0 bridgehead atoms. The summed E-state index contributed by atoms with van der Waals surface area (Å²) < 4.78 is 0. The largest absolute Gasteiger partial charge is 0.356 e. The van der Waals surface area contributed by atoms with Gasteiger partial charge in [-0.1, -0.05) is 30.7 Å². The summed E-state index contributed by atoms with van der Waals surface area (Å²) in [6.07, 6.45) is 5.63. The molecule has 1 saturated carbocycles. The van der Waals surface area contributed by atoms with Crippen LogP contribution in [0, 0.1) is 12.8 Å². The van der Waals surface area contributed by atoms with Gasteiger partial charge in [0.05, 0.1) is 5.69 Å². The van der Waals surface area contributed by atoms with Gasteiger partial charge in [0.15, 0.2) is 0 Å². The minimum atomic E-state index is -0.217. The Morgan fingerprint density at radius 1 is 1.13 bits per heavy atom. The first-order valence-corrected chi connectivity index (χ1v) is 11.5. The zero-order valence-corrected chi connectivity index (χ0v) is 18.1. The number of carbonyl (C=O) groups is 2. The van der Waals surface area contributed by atoms with Crippen molar-refractivity contribution in [2.75, 3.05) is 6.54 Å². The van der Waals surface area contributed by atoms with Crippen molar-refractivity contribution in [3.63, 3.8) is 0 Å². The van der Waals surface area contributed by atoms with E-state index in [-0.39, 0.29) is 17.9 Å². The Morgan fingerprint density at radius 3 is 2.84 bits per heavy atom. The van der Waals surface area contributed by atoms with E-state index in [1.54, 1.807) is 0 Å². The number of para-hydroxylation sites is 1. The van der Waals surface area contributed by atoms with E-state index in [1.807, 2.05) is 36.1 Å². The predicted octanol–water partition coefficient (Wildman–Crippen LogP) is 4.88. The highest BCUT2D eigenvalue weighted by molar-refractivity contribution is 5.87. The van der Waals surface area contributed by atoms with E-state index in [0.29, 0.717) is 31.6 Å². The van der Waals surface area contributed by atoms with Crippen LogP contribution in [0.5, 0.6) is 0 Å². The van der Waals surface area contributed by atoms with Crippen LogP contribution in [-0.4, -0.2) is 33.1 Å². The Balaban J connectivity index is 1.47. The number of aromatic amines is 1. The van der Waals surface area contributed by atoms with Gasteiger partial charge in [-0.2, -0.15) is 0 Å². The van der Waals surface area contributed by atoms with Gasteiger partial charge >= 0.3 is 0 Å². The van der Waals surface area contributed by atoms with Crippen LogP contribution in [0.15, 0.2) is 42.5 Å². The Hall–Kier alpha value is -2.95. The summed E-state index contributed by atoms with van der Waals surface area (Å²) in [5.41, 5.74) is 5.31. The van der Waals surface area contributed by atoms with Gasteiger partial charge in [0, 0.05) is 47.6 Å². The number of hydrogen-bond donors (Lipinski definition) is 1. The fourth-order valence-electron chi connectivity index (χ4n) is 5.34. The molecule has 3 heterocycles. The van der Waals surface area contributed by atoms with Gasteiger partial charge in [-0.25, -0.2) is 0 Å². The first kappa shape index (κ1) is 20.0. The molecular weight excluding hydrogens is 386 g/mol. The minimum absolute atomic E-state index is 0.0571. The van der Waals surface area contributed by atoms with Gasteiger partial charge in [-0.3, -0.25) is 14.6 Å². The standard InChI is InChI=1S/C26H29N3O2/c1-17-7-6-11-22(27-17)26-25-20(19-9-3-4-10-21(19)28-25)15-16-29(26)24(31)14-13-18-8-2-5-12-23(18)30/h3-4,6-7,9-11,18,26,28H,2,5,8,12-16H2,1H3/t18?,26-/m1/s1. The third-order valence-electron chi connectivity index (χ3n) is 6.93. The molecule has 5 heteroatoms. The lowest BCUT2D eigenvalue weighted by Gasteiger charge is -2.36. The van der Waals surface area contributed by atoms with E-state index in [9.17, 15) is 9.59 Å². The van der Waals surface area contributed by atoms with Crippen LogP contribution in [0.3, 0.4) is 0 Å². The van der Waals surface area contributed by atoms with Gasteiger partial charge in [0.2, 0.25) is 5.91 Å². The van der Waals surface area contributed by atoms with Crippen LogP contribution in [0.2, 0.25) is 0 Å². The minimum Gasteiger partial charge on any atom is -0.356 e. The number of nitrogens with zero attached hydrogens (tertiary/aromatic N) is 2. The quantitative estimate of drug-likeness (QED) is 0.660. The molecule has 1 aliphatic heterocycles. The number of H-pyrrole nitrogens is 1. The number of pyridine rings is 1. The summed E-state index contributed by atoms with van der Waals surface area (Å²) in [7, 11) is 0. The van der Waals surface area contributed by atoms with Crippen molar-refractivity contribution in [3.05, 3.63) is 65.1 Å². The van der Waals surface area contributed by atoms with Crippen LogP contribution in [-0.2, 0) is 16.0 Å². The molecular formula is C26H29N3O2. The van der Waals surface area contributed by atoms with Crippen molar-refractivity contribution in [2.45, 2.75) is 57.9 Å². The summed E-state index contributed by atoms with van der Waals surface area (Å²) >= 11 is 0. The fourth-order valence-corrected chi connectivity index (χ4v) is 5.34. The molecule has 2 aliphatic rings. The second-order valence-electron chi connectivity index (χ2n) is 8.95. The van der Waals surface area contributed by atoms with E-state index in [2.05, 4.69) is 23.2 Å². The Bertz CT molecular complexity index is 1130. The lowest BCUT2D eigenvalue weighted by Crippen LogP contribution is -2.41. The van der Waals surface area contributed by atoms with Crippen LogP contribution in [0.25, 0.3) is 10.9 Å². The number of benzene rings is 1. The molecule has 1 unspecified atom stereocenters. The topological polar surface area (TPSA) is 66.1 Å². The van der Waals surface area contributed by atoms with E-state index in [4.69, 9.17) is 4.98 Å². The average Bonchev–Trinajstić information content (AvgIpc) is 3.16. The van der Waals surface area contributed by atoms with Crippen molar-refractivity contribution in [3.8, 4) is 0 Å². The Kier molecular flexibility index (Phi) is 5.34. The number of aryl methyl sites for hydroxylation is 1. The SMILES string of the molecule is Cc1cccc([C@@H]2c3[nH]c4ccccc4c3CCN2C(=O)CCC2CCCCC2=O)n1. The van der Waals surface area contributed by atoms with E-state index in [1.165, 1.54) is 10.9 Å². The monoisotopic (exact) mass is 415 g/mol. The van der Waals surface area contributed by atoms with Crippen LogP contribution >= 0.6 is 0 Å². The molecule has 1 aromatic carbocycles. The second kappa shape index (κ2) is 8.29. The molecule has 160 valence electrons. The van der Waals surface area contributed by atoms with Crippen molar-refractivity contribution in [1.82, 2.24) is 14.9 Å². The average molecular weight is 416 g/mol. The number of Topliss-reactive ketones (excluding diaryl/α,β-unsaturated/α-hetero) is 1. The number of ketones is 1. The zero-order chi connectivity index (χ0) is 21.4. The van der Waals surface area contributed by atoms with Crippen molar-refractivity contribution in [1.29, 1.82) is 0 Å². The van der Waals surface area contributed by atoms with E-state index >= 15 is 0 Å². The second-order valence-corrected chi connectivity index (χ2v) is 8.95. The molecule has 1 amide bonds. The van der Waals surface area contributed by atoms with Gasteiger partial charge in [0.25, 0.3) is 0 Å². The molecule has 5 nitrogen and oxygen atoms in total. The zero-order valence-electron chi connectivity index (χ0n) is 18.1. The number of hydrogen-bond acceptors (Lipinski definition) is 3. The summed E-state index contributed by atoms with van der Waals surface area (Å²) in [5.74, 6) is 0.519. The van der Waals surface area contributed by atoms with E-state index in [0.717, 1.165) is 48.3 Å². The maximum absolute atomic E-state index is 13.4. The Morgan fingerprint density at radius 2 is 2.00 bits per heavy atom. The van der Waals surface area contributed by atoms with Crippen molar-refractivity contribution < 1.29 is 9.59 Å². The van der Waals surface area contributed by atoms with Gasteiger partial charge in [0.1, 0.15) is 11.8 Å². The molecule has 1 fully saturated rings. The first-order chi connectivity index (χ1) is 15.1. The number of carbonyl (C=O) groups excluding carboxylic acids is 2. The lowest BCUT2D eigenvalue weighted by molar-refractivity contribution is -0.134. The molecule has 0 radical (unpaired) electrons. The highest BCUT2D eigenvalue weighted by Gasteiger charge is 2.35. The van der Waals surface area contributed by atoms with Crippen LogP contribution in [0.1, 0.15) is 67.2 Å². The maximum atomic E-state index is 13.4. The first-order valence-electron chi connectivity index (χ1n) is 11.5. The van der Waals surface area contributed by atoms with Gasteiger partial charge < -0.3 is 9.88 Å². The number of fused-ring (bicyclic) bond motifs is 3. The summed E-state index contributed by atoms with van der Waals surface area (Å²) in [5, 5.41) is 1.23. The molecule has 2 aromatic heterocycles. The number of nitrogens with one attached hydrogen (secondary N) is 1. The van der Waals surface area contributed by atoms with Crippen molar-refractivity contribution in [2.24, 2.45) is 5.92 Å². The fraction of sp³-hybridized carbons (Fsp3) is 0.423. The molecule has 2 atom stereocenters.